The maximum Gasteiger partial charge on any atom is 0.306 e. The topological polar surface area (TPSA) is 49.8 Å². The van der Waals surface area contributed by atoms with Gasteiger partial charge in [-0.05, 0) is 105 Å². The number of carbonyl (C=O) groups is 1. The zero-order valence-corrected chi connectivity index (χ0v) is 20.9. The number of benzene rings is 2. The molecule has 32 heavy (non-hydrogen) atoms. The lowest BCUT2D eigenvalue weighted by Crippen LogP contribution is -2.36. The molecule has 176 valence electrons. The lowest BCUT2D eigenvalue weighted by Gasteiger charge is -2.41. The Hall–Kier alpha value is -1.72. The molecule has 0 bridgehead atoms. The van der Waals surface area contributed by atoms with E-state index in [1.54, 1.807) is 0 Å². The second kappa shape index (κ2) is 9.64. The van der Waals surface area contributed by atoms with Crippen molar-refractivity contribution in [2.75, 3.05) is 31.9 Å². The Bertz CT molecular complexity index is 951. The lowest BCUT2D eigenvalue weighted by atomic mass is 9.94. The molecule has 1 aliphatic carbocycles. The molecule has 4 rings (SSSR count). The van der Waals surface area contributed by atoms with E-state index in [0.29, 0.717) is 6.10 Å². The second-order valence-corrected chi connectivity index (χ2v) is 15.1. The SMILES string of the molecule is Cc1cc(O[C@H]2CC[C@H](S(C)(C)C)CC2)c(CN2CCC(C(=O)O)CC2)c2ccccc12. The van der Waals surface area contributed by atoms with Gasteiger partial charge in [0, 0.05) is 12.1 Å². The Morgan fingerprint density at radius 2 is 1.66 bits per heavy atom. The molecule has 0 atom stereocenters. The van der Waals surface area contributed by atoms with Crippen molar-refractivity contribution in [3.63, 3.8) is 0 Å². The molecule has 2 aromatic carbocycles. The molecule has 1 saturated carbocycles. The fourth-order valence-corrected chi connectivity index (χ4v) is 7.14. The van der Waals surface area contributed by atoms with Crippen LogP contribution in [0.3, 0.4) is 0 Å². The van der Waals surface area contributed by atoms with Gasteiger partial charge in [-0.1, -0.05) is 24.3 Å². The lowest BCUT2D eigenvalue weighted by molar-refractivity contribution is -0.143. The second-order valence-electron chi connectivity index (χ2n) is 10.6. The van der Waals surface area contributed by atoms with Crippen molar-refractivity contribution in [3.8, 4) is 5.75 Å². The van der Waals surface area contributed by atoms with E-state index in [9.17, 15) is 9.90 Å². The van der Waals surface area contributed by atoms with Crippen LogP contribution in [0.15, 0.2) is 30.3 Å². The fraction of sp³-hybridized carbons (Fsp3) is 0.593. The van der Waals surface area contributed by atoms with Gasteiger partial charge in [-0.3, -0.25) is 9.69 Å². The third-order valence-corrected chi connectivity index (χ3v) is 10.0. The van der Waals surface area contributed by atoms with E-state index in [-0.39, 0.29) is 5.92 Å². The van der Waals surface area contributed by atoms with Crippen molar-refractivity contribution in [2.24, 2.45) is 5.92 Å². The summed E-state index contributed by atoms with van der Waals surface area (Å²) in [5.41, 5.74) is 2.53. The molecule has 1 N–H and O–H groups in total. The standard InChI is InChI=1S/C27H39NO3S/c1-19-17-26(31-21-9-11-22(12-10-21)32(2,3)4)25(24-8-6-5-7-23(19)24)18-28-15-13-20(14-16-28)27(29)30/h5-8,17,20-22H,9-16,18H2,1-4H3,(H,29,30)/t21-,22-. The van der Waals surface area contributed by atoms with Crippen LogP contribution in [0.1, 0.15) is 49.7 Å². The molecule has 1 saturated heterocycles. The molecular formula is C27H39NO3S. The first kappa shape index (κ1) is 23.4. The van der Waals surface area contributed by atoms with Crippen LogP contribution in [-0.2, 0) is 11.3 Å². The zero-order valence-electron chi connectivity index (χ0n) is 20.1. The number of rotatable bonds is 6. The van der Waals surface area contributed by atoms with Crippen LogP contribution in [0.5, 0.6) is 5.75 Å². The van der Waals surface area contributed by atoms with Crippen LogP contribution < -0.4 is 4.74 Å². The Kier molecular flexibility index (Phi) is 7.06. The number of nitrogens with zero attached hydrogens (tertiary/aromatic N) is 1. The van der Waals surface area contributed by atoms with Crippen molar-refractivity contribution in [3.05, 3.63) is 41.5 Å². The molecule has 0 unspecified atom stereocenters. The molecule has 0 spiro atoms. The molecule has 0 aromatic heterocycles. The van der Waals surface area contributed by atoms with Gasteiger partial charge in [0.15, 0.2) is 0 Å². The highest BCUT2D eigenvalue weighted by Gasteiger charge is 2.29. The third kappa shape index (κ3) is 5.26. The van der Waals surface area contributed by atoms with Crippen LogP contribution in [0.25, 0.3) is 10.8 Å². The highest BCUT2D eigenvalue weighted by Crippen LogP contribution is 2.48. The summed E-state index contributed by atoms with van der Waals surface area (Å²) in [6, 6.07) is 10.9. The molecule has 4 nitrogen and oxygen atoms in total. The summed E-state index contributed by atoms with van der Waals surface area (Å²) in [6.45, 7) is 4.66. The molecule has 0 amide bonds. The van der Waals surface area contributed by atoms with Gasteiger partial charge in [0.2, 0.25) is 0 Å². The number of carboxylic acids is 1. The number of carboxylic acid groups (broad SMARTS) is 1. The molecular weight excluding hydrogens is 418 g/mol. The van der Waals surface area contributed by atoms with Gasteiger partial charge >= 0.3 is 5.97 Å². The van der Waals surface area contributed by atoms with E-state index in [1.165, 1.54) is 34.7 Å². The number of aliphatic carboxylic acids is 1. The minimum absolute atomic E-state index is 0.197. The van der Waals surface area contributed by atoms with Gasteiger partial charge in [-0.15, -0.1) is 0 Å². The molecule has 2 aromatic rings. The first-order chi connectivity index (χ1) is 15.2. The summed E-state index contributed by atoms with van der Waals surface area (Å²) in [4.78, 5) is 13.8. The van der Waals surface area contributed by atoms with E-state index >= 15 is 0 Å². The number of aryl methyl sites for hydroxylation is 1. The molecule has 5 heteroatoms. The normalized spacial score (nSPS) is 23.9. The van der Waals surface area contributed by atoms with Crippen molar-refractivity contribution >= 4 is 26.8 Å². The van der Waals surface area contributed by atoms with E-state index in [4.69, 9.17) is 4.74 Å². The highest BCUT2D eigenvalue weighted by molar-refractivity contribution is 8.32. The van der Waals surface area contributed by atoms with Crippen LogP contribution in [-0.4, -0.2) is 59.2 Å². The van der Waals surface area contributed by atoms with Gasteiger partial charge in [-0.2, -0.15) is 0 Å². The summed E-state index contributed by atoms with van der Waals surface area (Å²) in [7, 11) is -0.500. The van der Waals surface area contributed by atoms with Crippen molar-refractivity contribution in [1.82, 2.24) is 4.90 Å². The fourth-order valence-electron chi connectivity index (χ4n) is 5.45. The maximum absolute atomic E-state index is 11.4. The quantitative estimate of drug-likeness (QED) is 0.593. The Morgan fingerprint density at radius 3 is 2.25 bits per heavy atom. The van der Waals surface area contributed by atoms with Gasteiger partial charge < -0.3 is 9.84 Å². The number of hydrogen-bond donors (Lipinski definition) is 1. The Morgan fingerprint density at radius 1 is 1.03 bits per heavy atom. The van der Waals surface area contributed by atoms with Crippen molar-refractivity contribution in [1.29, 1.82) is 0 Å². The number of fused-ring (bicyclic) bond motifs is 1. The predicted molar refractivity (Wildman–Crippen MR) is 136 cm³/mol. The predicted octanol–water partition coefficient (Wildman–Crippen LogP) is 5.83. The van der Waals surface area contributed by atoms with E-state index in [2.05, 4.69) is 60.9 Å². The van der Waals surface area contributed by atoms with Crippen molar-refractivity contribution in [2.45, 2.75) is 63.3 Å². The molecule has 0 radical (unpaired) electrons. The molecule has 2 aliphatic rings. The molecule has 1 heterocycles. The van der Waals surface area contributed by atoms with Gasteiger partial charge in [-0.25, -0.2) is 10.0 Å². The summed E-state index contributed by atoms with van der Waals surface area (Å²) < 4.78 is 6.73. The minimum Gasteiger partial charge on any atom is -0.490 e. The van der Waals surface area contributed by atoms with Crippen molar-refractivity contribution < 1.29 is 14.6 Å². The molecule has 1 aliphatic heterocycles. The van der Waals surface area contributed by atoms with Crippen LogP contribution >= 0.6 is 10.0 Å². The van der Waals surface area contributed by atoms with E-state index in [1.807, 2.05) is 0 Å². The number of hydrogen-bond acceptors (Lipinski definition) is 3. The largest absolute Gasteiger partial charge is 0.490 e. The average Bonchev–Trinajstić information content (AvgIpc) is 2.76. The number of piperidine rings is 1. The number of ether oxygens (including phenoxy) is 1. The Balaban J connectivity index is 1.55. The van der Waals surface area contributed by atoms with Gasteiger partial charge in [0.25, 0.3) is 0 Å². The van der Waals surface area contributed by atoms with Gasteiger partial charge in [0.1, 0.15) is 5.75 Å². The monoisotopic (exact) mass is 457 g/mol. The summed E-state index contributed by atoms with van der Waals surface area (Å²) in [5, 5.41) is 12.8. The summed E-state index contributed by atoms with van der Waals surface area (Å²) in [5.74, 6) is 0.187. The van der Waals surface area contributed by atoms with Gasteiger partial charge in [0.05, 0.1) is 12.0 Å². The van der Waals surface area contributed by atoms with E-state index in [0.717, 1.165) is 56.3 Å². The van der Waals surface area contributed by atoms with Crippen LogP contribution in [0.2, 0.25) is 0 Å². The Labute approximate surface area is 194 Å². The third-order valence-electron chi connectivity index (χ3n) is 7.56. The summed E-state index contributed by atoms with van der Waals surface area (Å²) >= 11 is 0. The van der Waals surface area contributed by atoms with Crippen LogP contribution in [0.4, 0.5) is 0 Å². The highest BCUT2D eigenvalue weighted by atomic mass is 32.3. The smallest absolute Gasteiger partial charge is 0.306 e. The first-order valence-corrected chi connectivity index (χ1v) is 14.9. The average molecular weight is 458 g/mol. The maximum atomic E-state index is 11.4. The van der Waals surface area contributed by atoms with Crippen LogP contribution in [0, 0.1) is 12.8 Å². The summed E-state index contributed by atoms with van der Waals surface area (Å²) in [6.07, 6.45) is 13.9. The minimum atomic E-state index is -0.651. The first-order valence-electron chi connectivity index (χ1n) is 12.0. The van der Waals surface area contributed by atoms with E-state index < -0.39 is 16.0 Å². The number of likely N-dealkylation sites (tertiary alicyclic amines) is 1. The molecule has 2 fully saturated rings. The zero-order chi connectivity index (χ0) is 22.9.